The number of hydrogen-bond donors (Lipinski definition) is 1. The van der Waals surface area contributed by atoms with E-state index in [1.807, 2.05) is 18.5 Å². The van der Waals surface area contributed by atoms with Crippen LogP contribution in [-0.2, 0) is 20.1 Å². The summed E-state index contributed by atoms with van der Waals surface area (Å²) in [7, 11) is 2.02. The molecular formula is C24H35N7. The second kappa shape index (κ2) is 8.99. The molecule has 5 rings (SSSR count). The van der Waals surface area contributed by atoms with Crippen molar-refractivity contribution >= 4 is 5.96 Å². The Hall–Kier alpha value is -2.41. The fraction of sp³-hybridized carbons (Fsp3) is 0.625. The first kappa shape index (κ1) is 20.5. The van der Waals surface area contributed by atoms with E-state index in [0.29, 0.717) is 13.1 Å². The summed E-state index contributed by atoms with van der Waals surface area (Å²) < 4.78 is 2.04. The third-order valence-corrected chi connectivity index (χ3v) is 7.27. The highest BCUT2D eigenvalue weighted by molar-refractivity contribution is 5.80. The molecule has 3 heterocycles. The predicted octanol–water partition coefficient (Wildman–Crippen LogP) is 2.72. The molecule has 2 saturated heterocycles. The molecule has 2 atom stereocenters. The summed E-state index contributed by atoms with van der Waals surface area (Å²) in [5.41, 5.74) is 1.24. The Morgan fingerprint density at radius 3 is 2.68 bits per heavy atom. The SMILES string of the molecule is Cc1nnc(CNC(=NCc2ccccc2)N2CCC3C(CCCN3C3CC3)C2)n1C. The molecule has 1 aliphatic carbocycles. The molecule has 2 aliphatic heterocycles. The van der Waals surface area contributed by atoms with Gasteiger partial charge in [-0.1, -0.05) is 30.3 Å². The van der Waals surface area contributed by atoms with E-state index in [4.69, 9.17) is 4.99 Å². The quantitative estimate of drug-likeness (QED) is 0.594. The molecule has 3 fully saturated rings. The van der Waals surface area contributed by atoms with Crippen LogP contribution in [0, 0.1) is 12.8 Å². The van der Waals surface area contributed by atoms with Gasteiger partial charge in [-0.3, -0.25) is 4.90 Å². The molecule has 0 bridgehead atoms. The summed E-state index contributed by atoms with van der Waals surface area (Å²) >= 11 is 0. The number of guanidine groups is 1. The number of piperidine rings is 2. The van der Waals surface area contributed by atoms with Crippen LogP contribution in [-0.4, -0.2) is 62.2 Å². The third kappa shape index (κ3) is 4.61. The van der Waals surface area contributed by atoms with Gasteiger partial charge < -0.3 is 14.8 Å². The van der Waals surface area contributed by atoms with Gasteiger partial charge in [0.2, 0.25) is 0 Å². The molecule has 7 heteroatoms. The molecule has 2 aromatic rings. The Bertz CT molecular complexity index is 902. The number of rotatable bonds is 5. The zero-order valence-corrected chi connectivity index (χ0v) is 18.9. The largest absolute Gasteiger partial charge is 0.349 e. The lowest BCUT2D eigenvalue weighted by Crippen LogP contribution is -2.57. The van der Waals surface area contributed by atoms with E-state index < -0.39 is 0 Å². The van der Waals surface area contributed by atoms with Crippen molar-refractivity contribution in [1.82, 2.24) is 29.9 Å². The summed E-state index contributed by atoms with van der Waals surface area (Å²) in [5, 5.41) is 12.1. The van der Waals surface area contributed by atoms with Crippen molar-refractivity contribution in [3.63, 3.8) is 0 Å². The summed E-state index contributed by atoms with van der Waals surface area (Å²) in [6.07, 6.45) is 6.76. The maximum absolute atomic E-state index is 5.03. The van der Waals surface area contributed by atoms with Crippen molar-refractivity contribution in [3.05, 3.63) is 47.5 Å². The molecule has 1 aromatic heterocycles. The fourth-order valence-corrected chi connectivity index (χ4v) is 5.27. The van der Waals surface area contributed by atoms with Gasteiger partial charge in [0.1, 0.15) is 5.82 Å². The average Bonchev–Trinajstić information content (AvgIpc) is 3.60. The number of nitrogens with one attached hydrogen (secondary N) is 1. The molecule has 166 valence electrons. The van der Waals surface area contributed by atoms with Crippen molar-refractivity contribution < 1.29 is 0 Å². The van der Waals surface area contributed by atoms with Gasteiger partial charge in [-0.05, 0) is 57.1 Å². The molecule has 0 radical (unpaired) electrons. The van der Waals surface area contributed by atoms with Gasteiger partial charge in [0.05, 0.1) is 13.1 Å². The fourth-order valence-electron chi connectivity index (χ4n) is 5.27. The van der Waals surface area contributed by atoms with Crippen LogP contribution in [0.3, 0.4) is 0 Å². The van der Waals surface area contributed by atoms with E-state index in [2.05, 4.69) is 55.6 Å². The number of aryl methyl sites for hydroxylation is 1. The van der Waals surface area contributed by atoms with Crippen LogP contribution in [0.15, 0.2) is 35.3 Å². The number of aromatic nitrogens is 3. The number of benzene rings is 1. The zero-order chi connectivity index (χ0) is 21.2. The molecule has 0 amide bonds. The summed E-state index contributed by atoms with van der Waals surface area (Å²) in [5.74, 6) is 3.63. The third-order valence-electron chi connectivity index (χ3n) is 7.27. The number of aliphatic imine (C=N–C) groups is 1. The minimum absolute atomic E-state index is 0.643. The Kier molecular flexibility index (Phi) is 5.94. The standard InChI is InChI=1S/C24H35N7/c1-18-27-28-23(29(18)2)16-26-24(25-15-19-7-4-3-5-8-19)30-14-12-22-20(17-30)9-6-13-31(22)21-10-11-21/h3-5,7-8,20-22H,6,9-17H2,1-2H3,(H,25,26). The average molecular weight is 422 g/mol. The maximum Gasteiger partial charge on any atom is 0.194 e. The molecule has 2 unspecified atom stereocenters. The van der Waals surface area contributed by atoms with Crippen LogP contribution in [0.1, 0.15) is 49.3 Å². The normalized spacial score (nSPS) is 24.8. The number of likely N-dealkylation sites (tertiary alicyclic amines) is 2. The Morgan fingerprint density at radius 2 is 1.94 bits per heavy atom. The zero-order valence-electron chi connectivity index (χ0n) is 18.9. The van der Waals surface area contributed by atoms with E-state index in [1.165, 1.54) is 44.2 Å². The second-order valence-electron chi connectivity index (χ2n) is 9.37. The minimum atomic E-state index is 0.643. The minimum Gasteiger partial charge on any atom is -0.349 e. The molecule has 1 N–H and O–H groups in total. The van der Waals surface area contributed by atoms with Crippen LogP contribution < -0.4 is 5.32 Å². The maximum atomic E-state index is 5.03. The number of hydrogen-bond acceptors (Lipinski definition) is 4. The van der Waals surface area contributed by atoms with Gasteiger partial charge in [-0.2, -0.15) is 0 Å². The number of nitrogens with zero attached hydrogens (tertiary/aromatic N) is 6. The van der Waals surface area contributed by atoms with Crippen molar-refractivity contribution in [3.8, 4) is 0 Å². The Balaban J connectivity index is 1.30. The smallest absolute Gasteiger partial charge is 0.194 e. The summed E-state index contributed by atoms with van der Waals surface area (Å²) in [4.78, 5) is 10.4. The van der Waals surface area contributed by atoms with Gasteiger partial charge in [-0.25, -0.2) is 4.99 Å². The lowest BCUT2D eigenvalue weighted by atomic mass is 9.83. The first-order valence-corrected chi connectivity index (χ1v) is 11.9. The van der Waals surface area contributed by atoms with E-state index in [9.17, 15) is 0 Å². The number of fused-ring (bicyclic) bond motifs is 1. The van der Waals surface area contributed by atoms with E-state index >= 15 is 0 Å². The Morgan fingerprint density at radius 1 is 1.10 bits per heavy atom. The molecule has 1 saturated carbocycles. The van der Waals surface area contributed by atoms with Gasteiger partial charge in [0.25, 0.3) is 0 Å². The van der Waals surface area contributed by atoms with Crippen LogP contribution >= 0.6 is 0 Å². The lowest BCUT2D eigenvalue weighted by molar-refractivity contribution is 0.0369. The topological polar surface area (TPSA) is 61.6 Å². The van der Waals surface area contributed by atoms with Crippen LogP contribution in [0.4, 0.5) is 0 Å². The molecule has 7 nitrogen and oxygen atoms in total. The summed E-state index contributed by atoms with van der Waals surface area (Å²) in [6.45, 7) is 6.81. The van der Waals surface area contributed by atoms with E-state index in [1.54, 1.807) is 0 Å². The van der Waals surface area contributed by atoms with Crippen LogP contribution in [0.2, 0.25) is 0 Å². The van der Waals surface area contributed by atoms with Gasteiger partial charge in [-0.15, -0.1) is 10.2 Å². The molecule has 3 aliphatic rings. The first-order valence-electron chi connectivity index (χ1n) is 11.9. The molecule has 31 heavy (non-hydrogen) atoms. The molecule has 1 aromatic carbocycles. The summed E-state index contributed by atoms with van der Waals surface area (Å²) in [6, 6.07) is 12.2. The molecule has 0 spiro atoms. The lowest BCUT2D eigenvalue weighted by Gasteiger charge is -2.48. The van der Waals surface area contributed by atoms with Gasteiger partial charge >= 0.3 is 0 Å². The van der Waals surface area contributed by atoms with Crippen LogP contribution in [0.5, 0.6) is 0 Å². The van der Waals surface area contributed by atoms with Crippen molar-refractivity contribution in [1.29, 1.82) is 0 Å². The van der Waals surface area contributed by atoms with Gasteiger partial charge in [0.15, 0.2) is 11.8 Å². The monoisotopic (exact) mass is 421 g/mol. The highest BCUT2D eigenvalue weighted by atomic mass is 15.3. The highest BCUT2D eigenvalue weighted by Gasteiger charge is 2.42. The second-order valence-corrected chi connectivity index (χ2v) is 9.37. The van der Waals surface area contributed by atoms with Crippen molar-refractivity contribution in [2.24, 2.45) is 18.0 Å². The predicted molar refractivity (Wildman–Crippen MR) is 123 cm³/mol. The highest BCUT2D eigenvalue weighted by Crippen LogP contribution is 2.38. The van der Waals surface area contributed by atoms with E-state index in [0.717, 1.165) is 48.7 Å². The first-order chi connectivity index (χ1) is 15.2. The van der Waals surface area contributed by atoms with Crippen molar-refractivity contribution in [2.75, 3.05) is 19.6 Å². The van der Waals surface area contributed by atoms with Gasteiger partial charge in [0, 0.05) is 32.2 Å². The molecular weight excluding hydrogens is 386 g/mol. The Labute approximate surface area is 185 Å². The van der Waals surface area contributed by atoms with Crippen molar-refractivity contribution in [2.45, 2.75) is 64.2 Å². The van der Waals surface area contributed by atoms with E-state index in [-0.39, 0.29) is 0 Å². The van der Waals surface area contributed by atoms with Crippen LogP contribution in [0.25, 0.3) is 0 Å².